The molecule has 6 nitrogen and oxygen atoms in total. The van der Waals surface area contributed by atoms with Gasteiger partial charge in [0.1, 0.15) is 6.07 Å². The van der Waals surface area contributed by atoms with Crippen LogP contribution < -0.4 is 19.6 Å². The Morgan fingerprint density at radius 3 is 0.643 bits per heavy atom. The zero-order valence-corrected chi connectivity index (χ0v) is 56.5. The van der Waals surface area contributed by atoms with Crippen LogP contribution in [0, 0.1) is 16.7 Å². The molecule has 4 aliphatic rings. The van der Waals surface area contributed by atoms with Crippen molar-refractivity contribution in [3.8, 4) is 50.6 Å². The molecule has 0 fully saturated rings. The monoisotopic (exact) mass is 1260 g/mol. The standard InChI is InChI=1S/C92H74N6/c1-89(2)69-25-9-17-33-77(69)95(78-34-18-10-26-70(78)89)63-49-41-59(42-50-63)85-67(57-93)68(58-94)86(60-43-51-64(52-44-60)96-79-35-19-11-27-71(79)90(3,4)72-28-12-20-36-80(72)96)88(62-47-55-66(56-48-62)98-83-39-23-15-31-75(83)92(7,8)76-32-16-24-40-84(76)98)87(85)61-45-53-65(54-46-61)97-81-37-21-13-29-73(81)91(5,6)74-30-14-22-38-82(74)97/h9-57,93H,1-8H3. The molecule has 0 atom stereocenters. The maximum atomic E-state index is 12.2. The van der Waals surface area contributed by atoms with Gasteiger partial charge < -0.3 is 25.0 Å². The molecule has 4 aliphatic heterocycles. The van der Waals surface area contributed by atoms with Gasteiger partial charge in [-0.25, -0.2) is 0 Å². The van der Waals surface area contributed by atoms with E-state index < -0.39 is 0 Å². The molecule has 0 saturated heterocycles. The van der Waals surface area contributed by atoms with Gasteiger partial charge in [-0.1, -0.05) is 250 Å². The molecule has 0 unspecified atom stereocenters. The normalized spacial score (nSPS) is 15.2. The Kier molecular flexibility index (Phi) is 13.7. The van der Waals surface area contributed by atoms with Crippen LogP contribution >= 0.6 is 0 Å². The summed E-state index contributed by atoms with van der Waals surface area (Å²) in [7, 11) is 0. The molecule has 0 saturated carbocycles. The number of nitrogens with zero attached hydrogens (tertiary/aromatic N) is 5. The fourth-order valence-corrected chi connectivity index (χ4v) is 17.1. The lowest BCUT2D eigenvalue weighted by Crippen LogP contribution is -2.30. The Bertz CT molecular complexity index is 5230. The minimum absolute atomic E-state index is 0.226. The maximum absolute atomic E-state index is 12.2. The molecular weight excluding hydrogens is 1190 g/mol. The van der Waals surface area contributed by atoms with Crippen LogP contribution in [0.1, 0.15) is 111 Å². The quantitative estimate of drug-likeness (QED) is 0.146. The first-order chi connectivity index (χ1) is 47.6. The first-order valence-corrected chi connectivity index (χ1v) is 34.1. The summed E-state index contributed by atoms with van der Waals surface area (Å²) in [5, 5.41) is 21.9. The van der Waals surface area contributed by atoms with E-state index in [1.165, 1.54) is 50.7 Å². The first kappa shape index (κ1) is 59.9. The molecule has 0 aromatic heterocycles. The maximum Gasteiger partial charge on any atom is 0.101 e. The zero-order valence-electron chi connectivity index (χ0n) is 56.5. The van der Waals surface area contributed by atoms with Gasteiger partial charge in [-0.3, -0.25) is 0 Å². The van der Waals surface area contributed by atoms with Crippen molar-refractivity contribution in [1.82, 2.24) is 0 Å². The molecule has 98 heavy (non-hydrogen) atoms. The third kappa shape index (κ3) is 8.88. The van der Waals surface area contributed by atoms with Crippen molar-refractivity contribution in [2.45, 2.75) is 77.0 Å². The van der Waals surface area contributed by atoms with Crippen LogP contribution in [0.2, 0.25) is 0 Å². The van der Waals surface area contributed by atoms with Gasteiger partial charge in [0.25, 0.3) is 0 Å². The second-order valence-corrected chi connectivity index (χ2v) is 28.7. The summed E-state index contributed by atoms with van der Waals surface area (Å²) in [6.45, 7) is 18.6. The molecule has 6 heteroatoms. The molecule has 0 spiro atoms. The van der Waals surface area contributed by atoms with E-state index in [0.29, 0.717) is 11.1 Å². The minimum Gasteiger partial charge on any atom is -0.310 e. The number of nitrogens with one attached hydrogen (secondary N) is 1. The molecule has 0 amide bonds. The third-order valence-electron chi connectivity index (χ3n) is 22.0. The molecule has 0 bridgehead atoms. The van der Waals surface area contributed by atoms with E-state index >= 15 is 0 Å². The zero-order chi connectivity index (χ0) is 67.0. The lowest BCUT2D eigenvalue weighted by molar-refractivity contribution is 0.632. The van der Waals surface area contributed by atoms with Gasteiger partial charge >= 0.3 is 0 Å². The van der Waals surface area contributed by atoms with E-state index in [0.717, 1.165) is 113 Å². The van der Waals surface area contributed by atoms with Crippen molar-refractivity contribution in [2.75, 3.05) is 19.6 Å². The molecular formula is C92H74N6. The van der Waals surface area contributed by atoms with Gasteiger partial charge in [-0.2, -0.15) is 5.26 Å². The molecule has 1 N–H and O–H groups in total. The third-order valence-corrected chi connectivity index (χ3v) is 22.0. The van der Waals surface area contributed by atoms with Crippen LogP contribution in [0.25, 0.3) is 44.5 Å². The largest absolute Gasteiger partial charge is 0.310 e. The van der Waals surface area contributed by atoms with Crippen molar-refractivity contribution in [1.29, 1.82) is 10.7 Å². The average Bonchev–Trinajstić information content (AvgIpc) is 0.748. The Hall–Kier alpha value is -11.8. The number of anilines is 12. The smallest absolute Gasteiger partial charge is 0.101 e. The molecule has 13 aromatic carbocycles. The van der Waals surface area contributed by atoms with Crippen molar-refractivity contribution < 1.29 is 0 Å². The summed E-state index contributed by atoms with van der Waals surface area (Å²) in [4.78, 5) is 9.58. The fraction of sp³-hybridized carbons (Fsp3) is 0.130. The van der Waals surface area contributed by atoms with Gasteiger partial charge in [0.2, 0.25) is 0 Å². The lowest BCUT2D eigenvalue weighted by atomic mass is 9.73. The summed E-state index contributed by atoms with van der Waals surface area (Å²) >= 11 is 0. The molecule has 13 aromatic rings. The topological polar surface area (TPSA) is 60.6 Å². The van der Waals surface area contributed by atoms with Crippen LogP contribution in [0.3, 0.4) is 0 Å². The molecule has 4 heterocycles. The SMILES string of the molecule is CC1(C)c2ccccc2N(c2ccc(-c3c(C#N)c(C=N)c(-c4ccc(N5c6ccccc6C(C)(C)c6ccccc65)cc4)c(-c4ccc(N5c6ccccc6C(C)(C)c6ccccc65)cc4)c3-c3ccc(N4c5ccccc5C(C)(C)c5ccccc54)cc3)cc2)c2ccccc21. The highest BCUT2D eigenvalue weighted by Gasteiger charge is 2.41. The van der Waals surface area contributed by atoms with Crippen LogP contribution in [0.15, 0.2) is 291 Å². The van der Waals surface area contributed by atoms with E-state index in [1.54, 1.807) is 0 Å². The molecule has 17 rings (SSSR count). The number of rotatable bonds is 9. The summed E-state index contributed by atoms with van der Waals surface area (Å²) < 4.78 is 0. The molecule has 472 valence electrons. The van der Waals surface area contributed by atoms with Crippen molar-refractivity contribution in [3.05, 3.63) is 347 Å². The van der Waals surface area contributed by atoms with E-state index in [9.17, 15) is 10.7 Å². The van der Waals surface area contributed by atoms with Crippen LogP contribution in [-0.2, 0) is 21.7 Å². The van der Waals surface area contributed by atoms with Crippen molar-refractivity contribution >= 4 is 74.5 Å². The van der Waals surface area contributed by atoms with E-state index in [4.69, 9.17) is 0 Å². The summed E-state index contributed by atoms with van der Waals surface area (Å²) in [5.41, 5.74) is 30.3. The Labute approximate surface area is 575 Å². The lowest BCUT2D eigenvalue weighted by Gasteiger charge is -2.42. The van der Waals surface area contributed by atoms with Gasteiger partial charge in [-0.05, 0) is 175 Å². The number of para-hydroxylation sites is 8. The summed E-state index contributed by atoms with van der Waals surface area (Å²) in [6.07, 6.45) is 1.42. The second kappa shape index (κ2) is 22.4. The highest BCUT2D eigenvalue weighted by atomic mass is 15.2. The minimum atomic E-state index is -0.230. The highest BCUT2D eigenvalue weighted by molar-refractivity contribution is 6.11. The van der Waals surface area contributed by atoms with E-state index in [1.807, 2.05) is 0 Å². The average molecular weight is 1260 g/mol. The van der Waals surface area contributed by atoms with Crippen LogP contribution in [0.5, 0.6) is 0 Å². The van der Waals surface area contributed by atoms with E-state index in [-0.39, 0.29) is 21.7 Å². The van der Waals surface area contributed by atoms with Crippen molar-refractivity contribution in [3.63, 3.8) is 0 Å². The predicted octanol–water partition coefficient (Wildman–Crippen LogP) is 24.7. The Balaban J connectivity index is 0.917. The Morgan fingerprint density at radius 1 is 0.255 bits per heavy atom. The predicted molar refractivity (Wildman–Crippen MR) is 408 cm³/mol. The van der Waals surface area contributed by atoms with Crippen LogP contribution in [0.4, 0.5) is 68.2 Å². The molecule has 0 aliphatic carbocycles. The van der Waals surface area contributed by atoms with Crippen molar-refractivity contribution in [2.24, 2.45) is 0 Å². The summed E-state index contributed by atoms with van der Waals surface area (Å²) in [6, 6.07) is 109. The van der Waals surface area contributed by atoms with Crippen LogP contribution in [-0.4, -0.2) is 6.21 Å². The summed E-state index contributed by atoms with van der Waals surface area (Å²) in [5.74, 6) is 0. The first-order valence-electron chi connectivity index (χ1n) is 34.1. The highest BCUT2D eigenvalue weighted by Crippen LogP contribution is 2.59. The molecule has 0 radical (unpaired) electrons. The Morgan fingerprint density at radius 2 is 0.439 bits per heavy atom. The number of hydrogen-bond acceptors (Lipinski definition) is 6. The second-order valence-electron chi connectivity index (χ2n) is 28.7. The number of fused-ring (bicyclic) bond motifs is 8. The fourth-order valence-electron chi connectivity index (χ4n) is 17.1. The van der Waals surface area contributed by atoms with E-state index in [2.05, 4.69) is 372 Å². The number of benzene rings is 13. The number of nitriles is 1. The van der Waals surface area contributed by atoms with Gasteiger partial charge in [0.05, 0.1) is 51.1 Å². The van der Waals surface area contributed by atoms with Gasteiger partial charge in [-0.15, -0.1) is 0 Å². The van der Waals surface area contributed by atoms with Gasteiger partial charge in [0.15, 0.2) is 0 Å². The number of hydrogen-bond donors (Lipinski definition) is 1. The van der Waals surface area contributed by atoms with Gasteiger partial charge in [0, 0.05) is 67.3 Å².